The highest BCUT2D eigenvalue weighted by Crippen LogP contribution is 2.29. The Balaban J connectivity index is 3.33. The number of alkyl halides is 2. The highest BCUT2D eigenvalue weighted by atomic mass is 32.2. The first-order chi connectivity index (χ1) is 8.58. The monoisotopic (exact) mass is 297 g/mol. The molecule has 7 nitrogen and oxygen atoms in total. The van der Waals surface area contributed by atoms with E-state index in [1.54, 1.807) is 4.72 Å². The molecule has 0 bridgehead atoms. The Morgan fingerprint density at radius 1 is 1.47 bits per heavy atom. The molecule has 2 N–H and O–H groups in total. The Kier molecular flexibility index (Phi) is 4.25. The number of nitrogens with zero attached hydrogens (tertiary/aromatic N) is 2. The van der Waals surface area contributed by atoms with Crippen molar-refractivity contribution in [2.24, 2.45) is 7.05 Å². The van der Waals surface area contributed by atoms with Gasteiger partial charge >= 0.3 is 5.97 Å². The van der Waals surface area contributed by atoms with E-state index in [0.717, 1.165) is 11.6 Å². The Morgan fingerprint density at radius 2 is 2.00 bits per heavy atom. The van der Waals surface area contributed by atoms with Crippen LogP contribution in [-0.2, 0) is 21.9 Å². The van der Waals surface area contributed by atoms with Crippen LogP contribution in [0.1, 0.15) is 24.6 Å². The van der Waals surface area contributed by atoms with Crippen LogP contribution in [0.3, 0.4) is 0 Å². The van der Waals surface area contributed by atoms with Gasteiger partial charge in [-0.15, -0.1) is 0 Å². The van der Waals surface area contributed by atoms with Crippen LogP contribution in [0, 0.1) is 6.92 Å². The first kappa shape index (κ1) is 15.5. The number of hydrogen-bond donors (Lipinski definition) is 2. The van der Waals surface area contributed by atoms with E-state index in [2.05, 4.69) is 5.10 Å². The molecule has 0 saturated carbocycles. The van der Waals surface area contributed by atoms with Crippen molar-refractivity contribution < 1.29 is 27.1 Å². The van der Waals surface area contributed by atoms with Gasteiger partial charge in [0, 0.05) is 7.05 Å². The fraction of sp³-hybridized carbons (Fsp3) is 0.556. The van der Waals surface area contributed by atoms with Gasteiger partial charge in [-0.25, -0.2) is 17.2 Å². The maximum atomic E-state index is 12.9. The van der Waals surface area contributed by atoms with Gasteiger partial charge in [0.2, 0.25) is 0 Å². The quantitative estimate of drug-likeness (QED) is 0.820. The van der Waals surface area contributed by atoms with E-state index >= 15 is 0 Å². The predicted octanol–water partition coefficient (Wildman–Crippen LogP) is 0.418. The van der Waals surface area contributed by atoms with Gasteiger partial charge in [0.05, 0.1) is 11.3 Å². The van der Waals surface area contributed by atoms with Crippen molar-refractivity contribution in [3.63, 3.8) is 0 Å². The van der Waals surface area contributed by atoms with Crippen LogP contribution in [0.15, 0.2) is 5.03 Å². The summed E-state index contributed by atoms with van der Waals surface area (Å²) in [4.78, 5) is 10.6. The zero-order valence-electron chi connectivity index (χ0n) is 10.4. The Labute approximate surface area is 108 Å². The molecule has 0 aliphatic heterocycles. The summed E-state index contributed by atoms with van der Waals surface area (Å²) in [6.45, 7) is 2.34. The summed E-state index contributed by atoms with van der Waals surface area (Å²) in [5.74, 6) is -1.42. The summed E-state index contributed by atoms with van der Waals surface area (Å²) < 4.78 is 52.2. The van der Waals surface area contributed by atoms with Gasteiger partial charge in [0.1, 0.15) is 6.04 Å². The number of aliphatic carboxylic acids is 1. The molecule has 0 saturated heterocycles. The fourth-order valence-corrected chi connectivity index (χ4v) is 3.16. The highest BCUT2D eigenvalue weighted by molar-refractivity contribution is 7.89. The van der Waals surface area contributed by atoms with E-state index in [4.69, 9.17) is 5.11 Å². The fourth-order valence-electron chi connectivity index (χ4n) is 1.56. The highest BCUT2D eigenvalue weighted by Gasteiger charge is 2.32. The van der Waals surface area contributed by atoms with Crippen LogP contribution in [0.4, 0.5) is 8.78 Å². The van der Waals surface area contributed by atoms with Crippen LogP contribution in [0.25, 0.3) is 0 Å². The second-order valence-corrected chi connectivity index (χ2v) is 5.54. The standard InChI is InChI=1S/C9H13F2N3O4S/c1-4-6(7(10)11)8(14(3)12-4)19(17,18)13-5(2)9(15)16/h5,7,13H,1-3H3,(H,15,16)/t5-/m1/s1. The molecule has 19 heavy (non-hydrogen) atoms. The second kappa shape index (κ2) is 5.21. The van der Waals surface area contributed by atoms with Gasteiger partial charge in [0.15, 0.2) is 5.03 Å². The zero-order chi connectivity index (χ0) is 15.0. The molecule has 0 fully saturated rings. The molecule has 0 aliphatic carbocycles. The summed E-state index contributed by atoms with van der Waals surface area (Å²) in [5, 5.41) is 11.5. The van der Waals surface area contributed by atoms with Crippen LogP contribution in [0.5, 0.6) is 0 Å². The average Bonchev–Trinajstić information content (AvgIpc) is 2.53. The van der Waals surface area contributed by atoms with E-state index in [9.17, 15) is 22.0 Å². The van der Waals surface area contributed by atoms with Crippen LogP contribution >= 0.6 is 0 Å². The largest absolute Gasteiger partial charge is 0.480 e. The van der Waals surface area contributed by atoms with Gasteiger partial charge in [-0.05, 0) is 13.8 Å². The summed E-state index contributed by atoms with van der Waals surface area (Å²) >= 11 is 0. The molecule has 1 aromatic rings. The van der Waals surface area contributed by atoms with Crippen LogP contribution in [0.2, 0.25) is 0 Å². The van der Waals surface area contributed by atoms with Crippen LogP contribution < -0.4 is 4.72 Å². The Morgan fingerprint density at radius 3 is 2.42 bits per heavy atom. The lowest BCUT2D eigenvalue weighted by atomic mass is 10.3. The molecule has 10 heteroatoms. The summed E-state index contributed by atoms with van der Waals surface area (Å²) in [6.07, 6.45) is -3.03. The summed E-state index contributed by atoms with van der Waals surface area (Å²) in [6, 6.07) is -1.44. The van der Waals surface area contributed by atoms with Crippen LogP contribution in [-0.4, -0.2) is 35.3 Å². The number of aryl methyl sites for hydroxylation is 2. The number of aromatic nitrogens is 2. The number of hydrogen-bond acceptors (Lipinski definition) is 4. The summed E-state index contributed by atoms with van der Waals surface area (Å²) in [7, 11) is -3.21. The topological polar surface area (TPSA) is 101 Å². The van der Waals surface area contributed by atoms with Crippen molar-refractivity contribution in [3.8, 4) is 0 Å². The molecular weight excluding hydrogens is 284 g/mol. The molecule has 0 aromatic carbocycles. The van der Waals surface area contributed by atoms with E-state index < -0.39 is 39.0 Å². The third-order valence-corrected chi connectivity index (χ3v) is 4.05. The van der Waals surface area contributed by atoms with Crippen molar-refractivity contribution in [2.75, 3.05) is 0 Å². The van der Waals surface area contributed by atoms with Gasteiger partial charge in [0.25, 0.3) is 16.4 Å². The predicted molar refractivity (Wildman–Crippen MR) is 60.3 cm³/mol. The lowest BCUT2D eigenvalue weighted by Gasteiger charge is -2.11. The number of rotatable bonds is 5. The molecule has 0 spiro atoms. The Hall–Kier alpha value is -1.55. The first-order valence-corrected chi connectivity index (χ1v) is 6.63. The average molecular weight is 297 g/mol. The minimum Gasteiger partial charge on any atom is -0.480 e. The van der Waals surface area contributed by atoms with Crippen molar-refractivity contribution in [2.45, 2.75) is 31.3 Å². The maximum Gasteiger partial charge on any atom is 0.321 e. The van der Waals surface area contributed by atoms with Gasteiger partial charge in [-0.2, -0.15) is 9.82 Å². The molecule has 0 amide bonds. The summed E-state index contributed by atoms with van der Waals surface area (Å²) in [5.41, 5.74) is -0.853. The lowest BCUT2D eigenvalue weighted by molar-refractivity contribution is -0.138. The third kappa shape index (κ3) is 3.07. The minimum absolute atomic E-state index is 0.124. The number of nitrogens with one attached hydrogen (secondary N) is 1. The van der Waals surface area contributed by atoms with Gasteiger partial charge < -0.3 is 5.11 Å². The normalized spacial score (nSPS) is 13.8. The first-order valence-electron chi connectivity index (χ1n) is 5.14. The smallest absolute Gasteiger partial charge is 0.321 e. The number of halogens is 2. The molecule has 0 unspecified atom stereocenters. The molecule has 0 radical (unpaired) electrons. The van der Waals surface area contributed by atoms with E-state index in [-0.39, 0.29) is 5.69 Å². The van der Waals surface area contributed by atoms with Crippen molar-refractivity contribution in [3.05, 3.63) is 11.3 Å². The van der Waals surface area contributed by atoms with E-state index in [0.29, 0.717) is 0 Å². The zero-order valence-corrected chi connectivity index (χ0v) is 11.2. The third-order valence-electron chi connectivity index (χ3n) is 2.39. The molecule has 1 rings (SSSR count). The van der Waals surface area contributed by atoms with Gasteiger partial charge in [-0.3, -0.25) is 9.48 Å². The molecule has 0 aliphatic rings. The molecular formula is C9H13F2N3O4S. The van der Waals surface area contributed by atoms with Crippen molar-refractivity contribution >= 4 is 16.0 Å². The number of carboxylic acids is 1. The van der Waals surface area contributed by atoms with Gasteiger partial charge in [-0.1, -0.05) is 0 Å². The van der Waals surface area contributed by atoms with Crippen molar-refractivity contribution in [1.82, 2.24) is 14.5 Å². The van der Waals surface area contributed by atoms with E-state index in [1.807, 2.05) is 0 Å². The van der Waals surface area contributed by atoms with E-state index in [1.165, 1.54) is 14.0 Å². The number of sulfonamides is 1. The number of carboxylic acid groups (broad SMARTS) is 1. The Bertz CT molecular complexity index is 597. The minimum atomic E-state index is -4.40. The molecule has 108 valence electrons. The van der Waals surface area contributed by atoms with Crippen molar-refractivity contribution in [1.29, 1.82) is 0 Å². The second-order valence-electron chi connectivity index (χ2n) is 3.91. The maximum absolute atomic E-state index is 12.9. The SMILES string of the molecule is Cc1nn(C)c(S(=O)(=O)N[C@H](C)C(=O)O)c1C(F)F. The molecule has 1 atom stereocenters. The molecule has 1 aromatic heterocycles. The number of carbonyl (C=O) groups is 1. The molecule has 1 heterocycles. The lowest BCUT2D eigenvalue weighted by Crippen LogP contribution is -2.39.